The highest BCUT2D eigenvalue weighted by atomic mass is 16.5. The van der Waals surface area contributed by atoms with Gasteiger partial charge in [0.25, 0.3) is 0 Å². The lowest BCUT2D eigenvalue weighted by Crippen LogP contribution is -2.33. The van der Waals surface area contributed by atoms with E-state index in [1.54, 1.807) is 31.4 Å². The van der Waals surface area contributed by atoms with E-state index in [1.165, 1.54) is 44.9 Å². The van der Waals surface area contributed by atoms with Crippen LogP contribution in [0.25, 0.3) is 0 Å². The van der Waals surface area contributed by atoms with Crippen LogP contribution in [0.4, 0.5) is 5.69 Å². The fourth-order valence-electron chi connectivity index (χ4n) is 3.18. The first-order chi connectivity index (χ1) is 13.2. The van der Waals surface area contributed by atoms with Crippen LogP contribution in [-0.4, -0.2) is 24.6 Å². The van der Waals surface area contributed by atoms with Gasteiger partial charge in [0.2, 0.25) is 0 Å². The molecule has 0 aliphatic heterocycles. The molecule has 6 heteroatoms. The third-order valence-corrected chi connectivity index (χ3v) is 4.80. The number of anilines is 1. The van der Waals surface area contributed by atoms with Gasteiger partial charge in [-0.15, -0.1) is 0 Å². The lowest BCUT2D eigenvalue weighted by molar-refractivity contribution is -0.136. The van der Waals surface area contributed by atoms with E-state index in [0.717, 1.165) is 31.4 Å². The zero-order valence-electron chi connectivity index (χ0n) is 16.3. The summed E-state index contributed by atoms with van der Waals surface area (Å²) in [6.07, 6.45) is 12.9. The number of ether oxygens (including phenoxy) is 1. The van der Waals surface area contributed by atoms with Crippen molar-refractivity contribution in [2.24, 2.45) is 5.10 Å². The molecule has 1 saturated carbocycles. The number of hydrazone groups is 1. The Bertz CT molecular complexity index is 612. The fraction of sp³-hybridized carbons (Fsp3) is 0.571. The molecule has 2 N–H and O–H groups in total. The first-order valence-electron chi connectivity index (χ1n) is 10.00. The van der Waals surface area contributed by atoms with E-state index < -0.39 is 11.8 Å². The molecular formula is C21H31N3O3. The zero-order chi connectivity index (χ0) is 19.3. The van der Waals surface area contributed by atoms with Crippen molar-refractivity contribution in [1.29, 1.82) is 0 Å². The SMILES string of the molecule is COc1ccc(NC(=O)C(=O)NN=C2CCCCCCCCCCC2)cc1. The van der Waals surface area contributed by atoms with Crippen LogP contribution in [0.3, 0.4) is 0 Å². The van der Waals surface area contributed by atoms with Crippen LogP contribution >= 0.6 is 0 Å². The normalized spacial score (nSPS) is 16.4. The van der Waals surface area contributed by atoms with Crippen LogP contribution in [0.2, 0.25) is 0 Å². The van der Waals surface area contributed by atoms with Gasteiger partial charge in [0.15, 0.2) is 0 Å². The van der Waals surface area contributed by atoms with Crippen LogP contribution in [0.5, 0.6) is 5.75 Å². The van der Waals surface area contributed by atoms with Gasteiger partial charge in [-0.2, -0.15) is 5.10 Å². The minimum absolute atomic E-state index is 0.537. The highest BCUT2D eigenvalue weighted by molar-refractivity contribution is 6.39. The minimum atomic E-state index is -0.746. The van der Waals surface area contributed by atoms with E-state index in [4.69, 9.17) is 4.74 Å². The molecule has 1 aliphatic rings. The minimum Gasteiger partial charge on any atom is -0.497 e. The van der Waals surface area contributed by atoms with Gasteiger partial charge < -0.3 is 10.1 Å². The molecule has 2 amide bonds. The number of carbonyl (C=O) groups is 2. The van der Waals surface area contributed by atoms with Gasteiger partial charge in [0.05, 0.1) is 7.11 Å². The molecule has 1 fully saturated rings. The van der Waals surface area contributed by atoms with Gasteiger partial charge in [-0.05, 0) is 49.9 Å². The number of methoxy groups -OCH3 is 1. The summed E-state index contributed by atoms with van der Waals surface area (Å²) in [7, 11) is 1.57. The Morgan fingerprint density at radius 1 is 0.815 bits per heavy atom. The summed E-state index contributed by atoms with van der Waals surface area (Å²) in [5.74, 6) is -0.784. The van der Waals surface area contributed by atoms with Crippen LogP contribution in [-0.2, 0) is 9.59 Å². The number of hydrogen-bond acceptors (Lipinski definition) is 4. The molecule has 0 saturated heterocycles. The monoisotopic (exact) mass is 373 g/mol. The van der Waals surface area contributed by atoms with E-state index >= 15 is 0 Å². The maximum Gasteiger partial charge on any atom is 0.329 e. The van der Waals surface area contributed by atoms with Crippen LogP contribution in [0.1, 0.15) is 70.6 Å². The zero-order valence-corrected chi connectivity index (χ0v) is 16.3. The van der Waals surface area contributed by atoms with Gasteiger partial charge in [-0.25, -0.2) is 5.43 Å². The number of amides is 2. The van der Waals surface area contributed by atoms with Crippen molar-refractivity contribution in [3.63, 3.8) is 0 Å². The van der Waals surface area contributed by atoms with Gasteiger partial charge in [0.1, 0.15) is 5.75 Å². The van der Waals surface area contributed by atoms with E-state index in [-0.39, 0.29) is 0 Å². The molecule has 0 atom stereocenters. The molecule has 0 spiro atoms. The highest BCUT2D eigenvalue weighted by Crippen LogP contribution is 2.16. The van der Waals surface area contributed by atoms with Gasteiger partial charge in [-0.3, -0.25) is 9.59 Å². The summed E-state index contributed by atoms with van der Waals surface area (Å²) >= 11 is 0. The Kier molecular flexibility index (Phi) is 9.38. The second-order valence-electron chi connectivity index (χ2n) is 6.98. The summed E-state index contributed by atoms with van der Waals surface area (Å²) in [6.45, 7) is 0. The van der Waals surface area contributed by atoms with Crippen molar-refractivity contribution in [2.45, 2.75) is 70.6 Å². The van der Waals surface area contributed by atoms with E-state index in [2.05, 4.69) is 15.8 Å². The summed E-state index contributed by atoms with van der Waals surface area (Å²) in [6, 6.07) is 6.81. The quantitative estimate of drug-likeness (QED) is 0.608. The van der Waals surface area contributed by atoms with Crippen LogP contribution < -0.4 is 15.5 Å². The molecule has 1 aromatic rings. The number of rotatable bonds is 3. The number of benzene rings is 1. The van der Waals surface area contributed by atoms with Crippen LogP contribution in [0, 0.1) is 0 Å². The number of nitrogens with one attached hydrogen (secondary N) is 2. The summed E-state index contributed by atoms with van der Waals surface area (Å²) in [5, 5.41) is 6.80. The fourth-order valence-corrected chi connectivity index (χ4v) is 3.18. The smallest absolute Gasteiger partial charge is 0.329 e. The van der Waals surface area contributed by atoms with Gasteiger partial charge in [-0.1, -0.05) is 44.9 Å². The number of carbonyl (C=O) groups excluding carboxylic acids is 2. The predicted molar refractivity (Wildman–Crippen MR) is 108 cm³/mol. The number of nitrogens with zero attached hydrogens (tertiary/aromatic N) is 1. The molecule has 1 aromatic carbocycles. The van der Waals surface area contributed by atoms with Crippen molar-refractivity contribution < 1.29 is 14.3 Å². The Balaban J connectivity index is 1.84. The lowest BCUT2D eigenvalue weighted by atomic mass is 10.00. The van der Waals surface area contributed by atoms with Crippen molar-refractivity contribution >= 4 is 23.2 Å². The Hall–Kier alpha value is -2.37. The Labute approximate surface area is 161 Å². The predicted octanol–water partition coefficient (Wildman–Crippen LogP) is 4.41. The summed E-state index contributed by atoms with van der Waals surface area (Å²) in [5.41, 5.74) is 3.94. The highest BCUT2D eigenvalue weighted by Gasteiger charge is 2.13. The second-order valence-corrected chi connectivity index (χ2v) is 6.98. The Morgan fingerprint density at radius 3 is 1.85 bits per heavy atom. The molecule has 6 nitrogen and oxygen atoms in total. The van der Waals surface area contributed by atoms with Crippen molar-refractivity contribution in [2.75, 3.05) is 12.4 Å². The molecule has 1 aliphatic carbocycles. The molecule has 0 unspecified atom stereocenters. The molecule has 0 radical (unpaired) electrons. The molecule has 148 valence electrons. The van der Waals surface area contributed by atoms with Gasteiger partial charge in [0, 0.05) is 11.4 Å². The van der Waals surface area contributed by atoms with Crippen LogP contribution in [0.15, 0.2) is 29.4 Å². The maximum atomic E-state index is 12.0. The topological polar surface area (TPSA) is 79.8 Å². The van der Waals surface area contributed by atoms with E-state index in [0.29, 0.717) is 11.4 Å². The van der Waals surface area contributed by atoms with E-state index in [9.17, 15) is 9.59 Å². The number of hydrogen-bond donors (Lipinski definition) is 2. The molecule has 0 heterocycles. The van der Waals surface area contributed by atoms with Crippen molar-refractivity contribution in [3.05, 3.63) is 24.3 Å². The lowest BCUT2D eigenvalue weighted by Gasteiger charge is -2.10. The Morgan fingerprint density at radius 2 is 1.33 bits per heavy atom. The second kappa shape index (κ2) is 12.1. The molecular weight excluding hydrogens is 342 g/mol. The average Bonchev–Trinajstić information content (AvgIpc) is 2.68. The third kappa shape index (κ3) is 8.24. The maximum absolute atomic E-state index is 12.0. The molecule has 0 bridgehead atoms. The molecule has 2 rings (SSSR count). The summed E-state index contributed by atoms with van der Waals surface area (Å²) < 4.78 is 5.07. The van der Waals surface area contributed by atoms with E-state index in [1.807, 2.05) is 0 Å². The first kappa shape index (κ1) is 20.9. The molecule has 27 heavy (non-hydrogen) atoms. The van der Waals surface area contributed by atoms with Crippen molar-refractivity contribution in [1.82, 2.24) is 5.43 Å². The van der Waals surface area contributed by atoms with Crippen molar-refractivity contribution in [3.8, 4) is 5.75 Å². The van der Waals surface area contributed by atoms with Gasteiger partial charge >= 0.3 is 11.8 Å². The third-order valence-electron chi connectivity index (χ3n) is 4.80. The summed E-state index contributed by atoms with van der Waals surface area (Å²) in [4.78, 5) is 24.1. The average molecular weight is 373 g/mol. The first-order valence-corrected chi connectivity index (χ1v) is 10.00. The standard InChI is InChI=1S/C21H31N3O3/c1-27-19-15-13-17(14-16-19)22-20(25)21(26)24-23-18-11-9-7-5-3-2-4-6-8-10-12-18/h13-16H,2-12H2,1H3,(H,22,25)(H,24,26). The molecule has 0 aromatic heterocycles. The largest absolute Gasteiger partial charge is 0.497 e.